The van der Waals surface area contributed by atoms with Crippen LogP contribution in [-0.4, -0.2) is 46.3 Å². The van der Waals surface area contributed by atoms with Gasteiger partial charge in [-0.05, 0) is 31.2 Å². The van der Waals surface area contributed by atoms with Crippen LogP contribution >= 0.6 is 11.3 Å². The molecule has 1 fully saturated rings. The molecule has 4 heterocycles. The number of fused-ring (bicyclic) bond motifs is 1. The van der Waals surface area contributed by atoms with E-state index in [2.05, 4.69) is 43.2 Å². The van der Waals surface area contributed by atoms with E-state index in [1.54, 1.807) is 17.5 Å². The van der Waals surface area contributed by atoms with E-state index in [1.807, 2.05) is 25.1 Å². The van der Waals surface area contributed by atoms with Crippen molar-refractivity contribution in [1.29, 1.82) is 0 Å². The molecule has 0 amide bonds. The second-order valence-electron chi connectivity index (χ2n) is 6.49. The van der Waals surface area contributed by atoms with Gasteiger partial charge in [0.05, 0.1) is 16.4 Å². The molecule has 3 aromatic heterocycles. The number of hydrogen-bond acceptors (Lipinski definition) is 8. The molecule has 0 atom stereocenters. The molecular weight excluding hydrogens is 360 g/mol. The molecule has 0 N–H and O–H groups in total. The highest BCUT2D eigenvalue weighted by molar-refractivity contribution is 7.22. The van der Waals surface area contributed by atoms with Crippen LogP contribution in [0.3, 0.4) is 0 Å². The molecule has 8 heteroatoms. The van der Waals surface area contributed by atoms with Gasteiger partial charge in [-0.2, -0.15) is 5.10 Å². The van der Waals surface area contributed by atoms with Crippen molar-refractivity contribution < 1.29 is 4.42 Å². The van der Waals surface area contributed by atoms with Crippen LogP contribution in [0.5, 0.6) is 0 Å². The molecule has 0 spiro atoms. The minimum absolute atomic E-state index is 0.644. The van der Waals surface area contributed by atoms with E-state index < -0.39 is 0 Å². The topological polar surface area (TPSA) is 71.2 Å². The van der Waals surface area contributed by atoms with E-state index in [1.165, 1.54) is 4.70 Å². The van der Waals surface area contributed by atoms with Gasteiger partial charge in [-0.3, -0.25) is 0 Å². The molecule has 0 bridgehead atoms. The second kappa shape index (κ2) is 6.62. The lowest BCUT2D eigenvalue weighted by atomic mass is 10.3. The Balaban J connectivity index is 1.31. The third kappa shape index (κ3) is 3.12. The first-order valence-corrected chi connectivity index (χ1v) is 9.70. The summed E-state index contributed by atoms with van der Waals surface area (Å²) in [6, 6.07) is 12.1. The van der Waals surface area contributed by atoms with Crippen molar-refractivity contribution in [2.24, 2.45) is 0 Å². The van der Waals surface area contributed by atoms with Crippen LogP contribution in [0.15, 0.2) is 47.0 Å². The SMILES string of the molecule is Cc1ccc(-c2cnnc(N3CCN(c4nc5ccccc5s4)CC3)n2)o1. The summed E-state index contributed by atoms with van der Waals surface area (Å²) >= 11 is 1.74. The monoisotopic (exact) mass is 378 g/mol. The van der Waals surface area contributed by atoms with Crippen LogP contribution < -0.4 is 9.80 Å². The maximum atomic E-state index is 5.65. The Morgan fingerprint density at radius 3 is 2.56 bits per heavy atom. The molecule has 1 aromatic carbocycles. The summed E-state index contributed by atoms with van der Waals surface area (Å²) in [4.78, 5) is 13.9. The van der Waals surface area contributed by atoms with Crippen molar-refractivity contribution in [1.82, 2.24) is 20.2 Å². The number of furan rings is 1. The zero-order valence-corrected chi connectivity index (χ0v) is 15.7. The summed E-state index contributed by atoms with van der Waals surface area (Å²) in [6.45, 7) is 5.34. The molecule has 0 saturated carbocycles. The number of para-hydroxylation sites is 1. The predicted molar refractivity (Wildman–Crippen MR) is 106 cm³/mol. The summed E-state index contributed by atoms with van der Waals surface area (Å²) in [5.74, 6) is 2.22. The van der Waals surface area contributed by atoms with Crippen molar-refractivity contribution in [2.45, 2.75) is 6.92 Å². The first-order chi connectivity index (χ1) is 13.3. The molecule has 136 valence electrons. The van der Waals surface area contributed by atoms with Crippen molar-refractivity contribution in [3.8, 4) is 11.5 Å². The van der Waals surface area contributed by atoms with Crippen LogP contribution in [-0.2, 0) is 0 Å². The fraction of sp³-hybridized carbons (Fsp3) is 0.263. The smallest absolute Gasteiger partial charge is 0.246 e. The van der Waals surface area contributed by atoms with Gasteiger partial charge in [0.15, 0.2) is 10.9 Å². The zero-order chi connectivity index (χ0) is 18.2. The highest BCUT2D eigenvalue weighted by Crippen LogP contribution is 2.29. The van der Waals surface area contributed by atoms with E-state index in [0.717, 1.165) is 48.3 Å². The van der Waals surface area contributed by atoms with Crippen molar-refractivity contribution in [3.05, 3.63) is 48.4 Å². The van der Waals surface area contributed by atoms with Crippen LogP contribution in [0, 0.1) is 6.92 Å². The minimum Gasteiger partial charge on any atom is -0.460 e. The summed E-state index contributed by atoms with van der Waals surface area (Å²) in [7, 11) is 0. The Bertz CT molecular complexity index is 1050. The predicted octanol–water partition coefficient (Wildman–Crippen LogP) is 3.38. The van der Waals surface area contributed by atoms with Gasteiger partial charge in [-0.1, -0.05) is 23.5 Å². The maximum Gasteiger partial charge on any atom is 0.246 e. The molecule has 1 saturated heterocycles. The lowest BCUT2D eigenvalue weighted by Crippen LogP contribution is -2.47. The third-order valence-corrected chi connectivity index (χ3v) is 5.75. The van der Waals surface area contributed by atoms with E-state index in [-0.39, 0.29) is 0 Å². The van der Waals surface area contributed by atoms with E-state index >= 15 is 0 Å². The highest BCUT2D eigenvalue weighted by atomic mass is 32.1. The normalized spacial score (nSPS) is 14.9. The number of aromatic nitrogens is 4. The van der Waals surface area contributed by atoms with Crippen LogP contribution in [0.25, 0.3) is 21.7 Å². The van der Waals surface area contributed by atoms with E-state index in [0.29, 0.717) is 11.6 Å². The third-order valence-electron chi connectivity index (χ3n) is 4.66. The number of rotatable bonds is 3. The molecule has 4 aromatic rings. The molecule has 1 aliphatic rings. The zero-order valence-electron chi connectivity index (χ0n) is 14.9. The molecule has 0 aliphatic carbocycles. The molecule has 0 unspecified atom stereocenters. The summed E-state index contributed by atoms with van der Waals surface area (Å²) < 4.78 is 6.88. The Hall–Kier alpha value is -3.00. The standard InChI is InChI=1S/C19H18N6OS/c1-13-6-7-16(26-13)15-12-20-23-18(21-15)24-8-10-25(11-9-24)19-22-14-4-2-3-5-17(14)27-19/h2-7,12H,8-11H2,1H3. The van der Waals surface area contributed by atoms with Crippen molar-refractivity contribution in [3.63, 3.8) is 0 Å². The van der Waals surface area contributed by atoms with Gasteiger partial charge in [0.25, 0.3) is 0 Å². The number of nitrogens with zero attached hydrogens (tertiary/aromatic N) is 6. The summed E-state index contributed by atoms with van der Waals surface area (Å²) in [6.07, 6.45) is 1.64. The summed E-state index contributed by atoms with van der Waals surface area (Å²) in [5, 5.41) is 9.41. The number of thiazole rings is 1. The number of aryl methyl sites for hydroxylation is 1. The van der Waals surface area contributed by atoms with Gasteiger partial charge in [0.1, 0.15) is 11.5 Å². The number of piperazine rings is 1. The minimum atomic E-state index is 0.644. The Labute approximate surface area is 160 Å². The van der Waals surface area contributed by atoms with Crippen molar-refractivity contribution >= 4 is 32.6 Å². The fourth-order valence-electron chi connectivity index (χ4n) is 3.21. The second-order valence-corrected chi connectivity index (χ2v) is 7.50. The average molecular weight is 378 g/mol. The number of anilines is 2. The fourth-order valence-corrected chi connectivity index (χ4v) is 4.23. The molecule has 5 rings (SSSR count). The van der Waals surface area contributed by atoms with E-state index in [9.17, 15) is 0 Å². The maximum absolute atomic E-state index is 5.65. The number of hydrogen-bond donors (Lipinski definition) is 0. The van der Waals surface area contributed by atoms with Gasteiger partial charge in [-0.25, -0.2) is 9.97 Å². The van der Waals surface area contributed by atoms with Crippen molar-refractivity contribution in [2.75, 3.05) is 36.0 Å². The van der Waals surface area contributed by atoms with Gasteiger partial charge < -0.3 is 14.2 Å². The Morgan fingerprint density at radius 1 is 0.963 bits per heavy atom. The molecule has 0 radical (unpaired) electrons. The van der Waals surface area contributed by atoms with Crippen LogP contribution in [0.2, 0.25) is 0 Å². The number of benzene rings is 1. The van der Waals surface area contributed by atoms with Gasteiger partial charge in [0.2, 0.25) is 5.95 Å². The lowest BCUT2D eigenvalue weighted by molar-refractivity contribution is 0.545. The lowest BCUT2D eigenvalue weighted by Gasteiger charge is -2.34. The molecule has 1 aliphatic heterocycles. The largest absolute Gasteiger partial charge is 0.460 e. The Morgan fingerprint density at radius 2 is 1.78 bits per heavy atom. The average Bonchev–Trinajstić information content (AvgIpc) is 3.34. The highest BCUT2D eigenvalue weighted by Gasteiger charge is 2.22. The van der Waals surface area contributed by atoms with E-state index in [4.69, 9.17) is 9.40 Å². The van der Waals surface area contributed by atoms with Crippen LogP contribution in [0.1, 0.15) is 5.76 Å². The first kappa shape index (κ1) is 16.2. The van der Waals surface area contributed by atoms with Crippen LogP contribution in [0.4, 0.5) is 11.1 Å². The van der Waals surface area contributed by atoms with Gasteiger partial charge in [0, 0.05) is 26.2 Å². The molecule has 27 heavy (non-hydrogen) atoms. The summed E-state index contributed by atoms with van der Waals surface area (Å²) in [5.41, 5.74) is 1.77. The van der Waals surface area contributed by atoms with Gasteiger partial charge in [-0.15, -0.1) is 5.10 Å². The van der Waals surface area contributed by atoms with Gasteiger partial charge >= 0.3 is 0 Å². The molecular formula is C19H18N6OS. The molecule has 7 nitrogen and oxygen atoms in total. The Kier molecular flexibility index (Phi) is 3.97. The quantitative estimate of drug-likeness (QED) is 0.541. The first-order valence-electron chi connectivity index (χ1n) is 8.88.